The third kappa shape index (κ3) is 9.42. The van der Waals surface area contributed by atoms with Gasteiger partial charge in [-0.3, -0.25) is 14.4 Å². The van der Waals surface area contributed by atoms with Gasteiger partial charge in [0.2, 0.25) is 5.91 Å². The van der Waals surface area contributed by atoms with Gasteiger partial charge in [0, 0.05) is 5.92 Å². The average molecular weight is 418 g/mol. The van der Waals surface area contributed by atoms with Gasteiger partial charge in [-0.05, 0) is 38.7 Å². The van der Waals surface area contributed by atoms with Crippen LogP contribution in [-0.2, 0) is 30.5 Å². The number of esters is 2. The van der Waals surface area contributed by atoms with Gasteiger partial charge in [0.1, 0.15) is 18.8 Å². The largest absolute Gasteiger partial charge is 0.460 e. The number of carbonyl (C=O) groups excluding carboxylic acids is 3. The molecule has 0 saturated heterocycles. The normalized spacial score (nSPS) is 15.8. The Hall–Kier alpha value is -2.37. The van der Waals surface area contributed by atoms with E-state index in [4.69, 9.17) is 9.47 Å². The van der Waals surface area contributed by atoms with Crippen LogP contribution < -0.4 is 5.32 Å². The number of hydrogen-bond donors (Lipinski definition) is 1. The molecular formula is C24H35NO5. The summed E-state index contributed by atoms with van der Waals surface area (Å²) in [5, 5.41) is 2.66. The Balaban J connectivity index is 1.86. The molecule has 1 N–H and O–H groups in total. The van der Waals surface area contributed by atoms with Crippen LogP contribution in [0.4, 0.5) is 0 Å². The van der Waals surface area contributed by atoms with E-state index in [-0.39, 0.29) is 31.4 Å². The Morgan fingerprint density at radius 2 is 1.70 bits per heavy atom. The van der Waals surface area contributed by atoms with Gasteiger partial charge in [-0.2, -0.15) is 0 Å². The molecule has 1 fully saturated rings. The number of ether oxygens (including phenoxy) is 2. The zero-order valence-corrected chi connectivity index (χ0v) is 18.4. The molecule has 6 nitrogen and oxygen atoms in total. The minimum Gasteiger partial charge on any atom is -0.460 e. The van der Waals surface area contributed by atoms with E-state index in [9.17, 15) is 14.4 Å². The number of amides is 1. The minimum atomic E-state index is -0.593. The SMILES string of the molecule is CC(C)(C)OC(=O)C[C@@H](CC1CCCCC1)C(=O)NCC(=O)OCc1ccccc1. The predicted octanol–water partition coefficient (Wildman–Crippen LogP) is 4.16. The highest BCUT2D eigenvalue weighted by molar-refractivity contribution is 5.86. The predicted molar refractivity (Wildman–Crippen MR) is 114 cm³/mol. The van der Waals surface area contributed by atoms with Crippen LogP contribution in [0.25, 0.3) is 0 Å². The van der Waals surface area contributed by atoms with Crippen molar-refractivity contribution in [3.63, 3.8) is 0 Å². The van der Waals surface area contributed by atoms with Crippen molar-refractivity contribution in [1.82, 2.24) is 5.32 Å². The molecule has 6 heteroatoms. The lowest BCUT2D eigenvalue weighted by atomic mass is 9.81. The van der Waals surface area contributed by atoms with Gasteiger partial charge >= 0.3 is 11.9 Å². The fraction of sp³-hybridized carbons (Fsp3) is 0.625. The molecular weight excluding hydrogens is 382 g/mol. The van der Waals surface area contributed by atoms with E-state index >= 15 is 0 Å². The molecule has 0 bridgehead atoms. The lowest BCUT2D eigenvalue weighted by Gasteiger charge is -2.27. The summed E-state index contributed by atoms with van der Waals surface area (Å²) in [7, 11) is 0. The fourth-order valence-corrected chi connectivity index (χ4v) is 3.79. The molecule has 1 aliphatic rings. The van der Waals surface area contributed by atoms with Gasteiger partial charge in [-0.25, -0.2) is 0 Å². The molecule has 0 aliphatic heterocycles. The number of hydrogen-bond acceptors (Lipinski definition) is 5. The summed E-state index contributed by atoms with van der Waals surface area (Å²) in [4.78, 5) is 37.1. The summed E-state index contributed by atoms with van der Waals surface area (Å²) in [6, 6.07) is 9.37. The number of benzene rings is 1. The topological polar surface area (TPSA) is 81.7 Å². The first-order valence-corrected chi connectivity index (χ1v) is 10.9. The number of nitrogens with one attached hydrogen (secondary N) is 1. The van der Waals surface area contributed by atoms with Crippen LogP contribution in [0.1, 0.15) is 71.3 Å². The van der Waals surface area contributed by atoms with Gasteiger partial charge < -0.3 is 14.8 Å². The molecule has 1 atom stereocenters. The van der Waals surface area contributed by atoms with Crippen molar-refractivity contribution < 1.29 is 23.9 Å². The van der Waals surface area contributed by atoms with Gasteiger partial charge in [-0.15, -0.1) is 0 Å². The first-order valence-electron chi connectivity index (χ1n) is 10.9. The lowest BCUT2D eigenvalue weighted by molar-refractivity contribution is -0.157. The van der Waals surface area contributed by atoms with Gasteiger partial charge in [-0.1, -0.05) is 62.4 Å². The van der Waals surface area contributed by atoms with Crippen molar-refractivity contribution in [3.05, 3.63) is 35.9 Å². The third-order valence-electron chi connectivity index (χ3n) is 5.20. The Morgan fingerprint density at radius 1 is 1.03 bits per heavy atom. The molecule has 1 amide bonds. The molecule has 0 spiro atoms. The molecule has 1 aromatic rings. The Bertz CT molecular complexity index is 689. The van der Waals surface area contributed by atoms with Crippen LogP contribution >= 0.6 is 0 Å². The van der Waals surface area contributed by atoms with E-state index in [1.807, 2.05) is 51.1 Å². The second-order valence-electron chi connectivity index (χ2n) is 9.09. The van der Waals surface area contributed by atoms with Gasteiger partial charge in [0.05, 0.1) is 6.42 Å². The second-order valence-corrected chi connectivity index (χ2v) is 9.09. The molecule has 0 unspecified atom stereocenters. The first kappa shape index (κ1) is 23.9. The van der Waals surface area contributed by atoms with Crippen molar-refractivity contribution in [2.45, 2.75) is 77.9 Å². The summed E-state index contributed by atoms with van der Waals surface area (Å²) in [6.45, 7) is 5.39. The summed E-state index contributed by atoms with van der Waals surface area (Å²) in [5.74, 6) is -1.24. The second kappa shape index (κ2) is 11.7. The van der Waals surface area contributed by atoms with E-state index in [0.29, 0.717) is 12.3 Å². The van der Waals surface area contributed by atoms with Crippen molar-refractivity contribution >= 4 is 17.8 Å². The quantitative estimate of drug-likeness (QED) is 0.610. The van der Waals surface area contributed by atoms with E-state index in [1.54, 1.807) is 0 Å². The Labute approximate surface area is 179 Å². The maximum atomic E-state index is 12.8. The molecule has 1 saturated carbocycles. The van der Waals surface area contributed by atoms with Gasteiger partial charge in [0.25, 0.3) is 0 Å². The van der Waals surface area contributed by atoms with Crippen LogP contribution in [0, 0.1) is 11.8 Å². The summed E-state index contributed by atoms with van der Waals surface area (Å²) in [5.41, 5.74) is 0.293. The van der Waals surface area contributed by atoms with Crippen molar-refractivity contribution in [3.8, 4) is 0 Å². The highest BCUT2D eigenvalue weighted by atomic mass is 16.6. The summed E-state index contributed by atoms with van der Waals surface area (Å²) >= 11 is 0. The zero-order valence-electron chi connectivity index (χ0n) is 18.4. The van der Waals surface area contributed by atoms with Crippen LogP contribution in [-0.4, -0.2) is 30.0 Å². The molecule has 166 valence electrons. The third-order valence-corrected chi connectivity index (χ3v) is 5.20. The monoisotopic (exact) mass is 417 g/mol. The molecule has 0 aromatic heterocycles. The van der Waals surface area contributed by atoms with Gasteiger partial charge in [0.15, 0.2) is 0 Å². The Morgan fingerprint density at radius 3 is 2.33 bits per heavy atom. The fourth-order valence-electron chi connectivity index (χ4n) is 3.79. The van der Waals surface area contributed by atoms with E-state index < -0.39 is 17.5 Å². The highest BCUT2D eigenvalue weighted by Crippen LogP contribution is 2.30. The molecule has 1 aliphatic carbocycles. The lowest BCUT2D eigenvalue weighted by Crippen LogP contribution is -2.38. The minimum absolute atomic E-state index is 0.0265. The van der Waals surface area contributed by atoms with E-state index in [2.05, 4.69) is 5.32 Å². The molecule has 1 aromatic carbocycles. The zero-order chi connectivity index (χ0) is 22.0. The molecule has 0 radical (unpaired) electrons. The molecule has 0 heterocycles. The smallest absolute Gasteiger partial charge is 0.325 e. The molecule has 2 rings (SSSR count). The standard InChI is InChI=1S/C24H35NO5/c1-24(2,3)30-21(26)15-20(14-18-10-6-4-7-11-18)23(28)25-16-22(27)29-17-19-12-8-5-9-13-19/h5,8-9,12-13,18,20H,4,6-7,10-11,14-17H2,1-3H3,(H,25,28)/t20-/m1/s1. The van der Waals surface area contributed by atoms with Crippen LogP contribution in [0.3, 0.4) is 0 Å². The summed E-state index contributed by atoms with van der Waals surface area (Å²) in [6.07, 6.45) is 6.39. The van der Waals surface area contributed by atoms with Crippen molar-refractivity contribution in [2.75, 3.05) is 6.54 Å². The summed E-state index contributed by atoms with van der Waals surface area (Å²) < 4.78 is 10.6. The number of rotatable bonds is 9. The molecule has 30 heavy (non-hydrogen) atoms. The van der Waals surface area contributed by atoms with Crippen LogP contribution in [0.5, 0.6) is 0 Å². The average Bonchev–Trinajstić information content (AvgIpc) is 2.70. The first-order chi connectivity index (χ1) is 14.2. The van der Waals surface area contributed by atoms with Crippen molar-refractivity contribution in [1.29, 1.82) is 0 Å². The Kier molecular flexibility index (Phi) is 9.34. The van der Waals surface area contributed by atoms with E-state index in [1.165, 1.54) is 6.42 Å². The van der Waals surface area contributed by atoms with Crippen LogP contribution in [0.15, 0.2) is 30.3 Å². The van der Waals surface area contributed by atoms with E-state index in [0.717, 1.165) is 31.2 Å². The maximum absolute atomic E-state index is 12.8. The number of carbonyl (C=O) groups is 3. The van der Waals surface area contributed by atoms with Crippen molar-refractivity contribution in [2.24, 2.45) is 11.8 Å². The van der Waals surface area contributed by atoms with Crippen LogP contribution in [0.2, 0.25) is 0 Å². The maximum Gasteiger partial charge on any atom is 0.325 e. The highest BCUT2D eigenvalue weighted by Gasteiger charge is 2.29.